The molecule has 0 aliphatic heterocycles. The van der Waals surface area contributed by atoms with Crippen molar-refractivity contribution in [2.45, 2.75) is 46.7 Å². The van der Waals surface area contributed by atoms with Crippen LogP contribution in [0.4, 0.5) is 0 Å². The Bertz CT molecular complexity index is 377. The van der Waals surface area contributed by atoms with Crippen LogP contribution in [0.5, 0.6) is 0 Å². The minimum atomic E-state index is 0.564. The van der Waals surface area contributed by atoms with Crippen LogP contribution in [-0.2, 0) is 13.1 Å². The third kappa shape index (κ3) is 4.84. The molecule has 1 aromatic rings. The van der Waals surface area contributed by atoms with E-state index in [9.17, 15) is 0 Å². The van der Waals surface area contributed by atoms with Crippen molar-refractivity contribution in [3.05, 3.63) is 12.2 Å². The highest BCUT2D eigenvalue weighted by molar-refractivity contribution is 4.86. The summed E-state index contributed by atoms with van der Waals surface area (Å²) in [5.41, 5.74) is 0. The third-order valence-corrected chi connectivity index (χ3v) is 2.66. The molecular weight excluding hydrogens is 226 g/mol. The van der Waals surface area contributed by atoms with Crippen LogP contribution in [0.2, 0.25) is 0 Å². The molecule has 1 rings (SSSR count). The van der Waals surface area contributed by atoms with Gasteiger partial charge in [-0.2, -0.15) is 10.4 Å². The number of nitriles is 1. The van der Waals surface area contributed by atoms with Gasteiger partial charge in [0.25, 0.3) is 0 Å². The molecule has 0 aliphatic carbocycles. The largest absolute Gasteiger partial charge is 0.295 e. The summed E-state index contributed by atoms with van der Waals surface area (Å²) in [6, 6.07) is 2.21. The zero-order valence-electron chi connectivity index (χ0n) is 11.6. The highest BCUT2D eigenvalue weighted by atomic mass is 15.3. The lowest BCUT2D eigenvalue weighted by atomic mass is 10.2. The average Bonchev–Trinajstić information content (AvgIpc) is 2.73. The van der Waals surface area contributed by atoms with Gasteiger partial charge in [-0.15, -0.1) is 0 Å². The predicted molar refractivity (Wildman–Crippen MR) is 70.7 cm³/mol. The molecular formula is C13H23N5. The predicted octanol–water partition coefficient (Wildman–Crippen LogP) is 2.06. The van der Waals surface area contributed by atoms with E-state index in [0.717, 1.165) is 38.4 Å². The summed E-state index contributed by atoms with van der Waals surface area (Å²) in [6.07, 6.45) is 3.23. The summed E-state index contributed by atoms with van der Waals surface area (Å²) in [4.78, 5) is 6.60. The van der Waals surface area contributed by atoms with Gasteiger partial charge in [0, 0.05) is 26.1 Å². The molecule has 0 spiro atoms. The Morgan fingerprint density at radius 1 is 1.50 bits per heavy atom. The van der Waals surface area contributed by atoms with Crippen LogP contribution in [0.3, 0.4) is 0 Å². The number of rotatable bonds is 8. The minimum Gasteiger partial charge on any atom is -0.295 e. The normalized spacial score (nSPS) is 11.1. The molecule has 5 nitrogen and oxygen atoms in total. The van der Waals surface area contributed by atoms with E-state index >= 15 is 0 Å². The van der Waals surface area contributed by atoms with Crippen LogP contribution < -0.4 is 0 Å². The molecule has 0 fully saturated rings. The molecule has 1 heterocycles. The number of aromatic nitrogens is 3. The Labute approximate surface area is 109 Å². The van der Waals surface area contributed by atoms with Crippen LogP contribution in [-0.4, -0.2) is 32.8 Å². The summed E-state index contributed by atoms with van der Waals surface area (Å²) in [6.45, 7) is 9.98. The fourth-order valence-corrected chi connectivity index (χ4v) is 1.97. The molecule has 1 aromatic heterocycles. The number of hydrogen-bond donors (Lipinski definition) is 0. The van der Waals surface area contributed by atoms with Gasteiger partial charge in [0.15, 0.2) is 0 Å². The number of nitrogens with zero attached hydrogens (tertiary/aromatic N) is 5. The van der Waals surface area contributed by atoms with Crippen LogP contribution in [0, 0.1) is 17.2 Å². The smallest absolute Gasteiger partial charge is 0.141 e. The maximum absolute atomic E-state index is 8.70. The Morgan fingerprint density at radius 3 is 2.89 bits per heavy atom. The van der Waals surface area contributed by atoms with Crippen molar-refractivity contribution in [2.75, 3.05) is 13.1 Å². The maximum atomic E-state index is 8.70. The van der Waals surface area contributed by atoms with Crippen LogP contribution in [0.1, 0.15) is 39.4 Å². The second-order valence-corrected chi connectivity index (χ2v) is 4.94. The first-order valence-electron chi connectivity index (χ1n) is 6.63. The van der Waals surface area contributed by atoms with Gasteiger partial charge in [0.2, 0.25) is 0 Å². The molecule has 100 valence electrons. The van der Waals surface area contributed by atoms with E-state index in [2.05, 4.69) is 41.8 Å². The topological polar surface area (TPSA) is 57.7 Å². The van der Waals surface area contributed by atoms with Crippen molar-refractivity contribution >= 4 is 0 Å². The maximum Gasteiger partial charge on any atom is 0.141 e. The molecule has 0 N–H and O–H groups in total. The highest BCUT2D eigenvalue weighted by Gasteiger charge is 2.12. The lowest BCUT2D eigenvalue weighted by molar-refractivity contribution is 0.231. The molecule has 0 amide bonds. The van der Waals surface area contributed by atoms with Gasteiger partial charge in [0.1, 0.15) is 12.2 Å². The van der Waals surface area contributed by atoms with Crippen molar-refractivity contribution in [1.82, 2.24) is 19.7 Å². The molecule has 0 aliphatic rings. The van der Waals surface area contributed by atoms with Crippen molar-refractivity contribution in [1.29, 1.82) is 5.26 Å². The zero-order valence-corrected chi connectivity index (χ0v) is 11.6. The van der Waals surface area contributed by atoms with E-state index < -0.39 is 0 Å². The van der Waals surface area contributed by atoms with E-state index in [1.165, 1.54) is 0 Å². The summed E-state index contributed by atoms with van der Waals surface area (Å²) < 4.78 is 1.96. The molecule has 0 saturated heterocycles. The monoisotopic (exact) mass is 249 g/mol. The Hall–Kier alpha value is -1.41. The van der Waals surface area contributed by atoms with E-state index in [4.69, 9.17) is 5.26 Å². The molecule has 0 unspecified atom stereocenters. The summed E-state index contributed by atoms with van der Waals surface area (Å²) in [5.74, 6) is 1.58. The number of aryl methyl sites for hydroxylation is 1. The Balaban J connectivity index is 2.63. The molecule has 18 heavy (non-hydrogen) atoms. The van der Waals surface area contributed by atoms with Crippen molar-refractivity contribution < 1.29 is 0 Å². The van der Waals surface area contributed by atoms with Gasteiger partial charge in [-0.3, -0.25) is 4.90 Å². The van der Waals surface area contributed by atoms with Gasteiger partial charge in [0.05, 0.1) is 12.6 Å². The quantitative estimate of drug-likeness (QED) is 0.707. The lowest BCUT2D eigenvalue weighted by Crippen LogP contribution is -2.29. The molecule has 0 saturated carbocycles. The van der Waals surface area contributed by atoms with E-state index in [0.29, 0.717) is 12.3 Å². The fourth-order valence-electron chi connectivity index (χ4n) is 1.97. The fraction of sp³-hybridized carbons (Fsp3) is 0.769. The Kier molecular flexibility index (Phi) is 6.37. The summed E-state index contributed by atoms with van der Waals surface area (Å²) in [7, 11) is 0. The highest BCUT2D eigenvalue weighted by Crippen LogP contribution is 2.06. The summed E-state index contributed by atoms with van der Waals surface area (Å²) in [5, 5.41) is 12.9. The first kappa shape index (κ1) is 14.7. The van der Waals surface area contributed by atoms with Gasteiger partial charge in [-0.25, -0.2) is 9.67 Å². The summed E-state index contributed by atoms with van der Waals surface area (Å²) >= 11 is 0. The van der Waals surface area contributed by atoms with Gasteiger partial charge >= 0.3 is 0 Å². The first-order valence-corrected chi connectivity index (χ1v) is 6.63. The molecule has 0 radical (unpaired) electrons. The van der Waals surface area contributed by atoms with Crippen molar-refractivity contribution in [3.63, 3.8) is 0 Å². The zero-order chi connectivity index (χ0) is 13.4. The second kappa shape index (κ2) is 7.83. The SMILES string of the molecule is CCCn1ncnc1CN(CCC#N)CC(C)C. The van der Waals surface area contributed by atoms with Gasteiger partial charge < -0.3 is 0 Å². The molecule has 5 heteroatoms. The molecule has 0 atom stereocenters. The van der Waals surface area contributed by atoms with Crippen LogP contribution >= 0.6 is 0 Å². The molecule has 0 aromatic carbocycles. The third-order valence-electron chi connectivity index (χ3n) is 2.66. The van der Waals surface area contributed by atoms with Gasteiger partial charge in [-0.05, 0) is 12.3 Å². The van der Waals surface area contributed by atoms with E-state index in [-0.39, 0.29) is 0 Å². The second-order valence-electron chi connectivity index (χ2n) is 4.94. The van der Waals surface area contributed by atoms with Crippen molar-refractivity contribution in [2.24, 2.45) is 5.92 Å². The van der Waals surface area contributed by atoms with Crippen LogP contribution in [0.25, 0.3) is 0 Å². The van der Waals surface area contributed by atoms with Gasteiger partial charge in [-0.1, -0.05) is 20.8 Å². The standard InChI is InChI=1S/C13H23N5/c1-4-7-18-13(15-11-16-18)10-17(8-5-6-14)9-12(2)3/h11-12H,4-5,7-10H2,1-3H3. The average molecular weight is 249 g/mol. The van der Waals surface area contributed by atoms with E-state index in [1.807, 2.05) is 4.68 Å². The Morgan fingerprint density at radius 2 is 2.28 bits per heavy atom. The minimum absolute atomic E-state index is 0.564. The number of hydrogen-bond acceptors (Lipinski definition) is 4. The lowest BCUT2D eigenvalue weighted by Gasteiger charge is -2.22. The molecule has 0 bridgehead atoms. The van der Waals surface area contributed by atoms with Crippen molar-refractivity contribution in [3.8, 4) is 6.07 Å². The first-order chi connectivity index (χ1) is 8.67. The van der Waals surface area contributed by atoms with E-state index in [1.54, 1.807) is 6.33 Å². The van der Waals surface area contributed by atoms with Crippen LogP contribution in [0.15, 0.2) is 6.33 Å².